The third kappa shape index (κ3) is 8.41. The van der Waals surface area contributed by atoms with E-state index in [1.165, 1.54) is 34.8 Å². The first kappa shape index (κ1) is 42.6. The summed E-state index contributed by atoms with van der Waals surface area (Å²) in [5, 5.41) is 17.9. The number of thiazole rings is 1. The van der Waals surface area contributed by atoms with Crippen molar-refractivity contribution in [1.82, 2.24) is 35.2 Å². The van der Waals surface area contributed by atoms with Gasteiger partial charge in [-0.25, -0.2) is 10.4 Å². The Morgan fingerprint density at radius 2 is 1.92 bits per heavy atom. The Kier molecular flexibility index (Phi) is 12.0. The Bertz CT molecular complexity index is 2390. The maximum absolute atomic E-state index is 14.2. The fourth-order valence-corrected chi connectivity index (χ4v) is 11.0. The van der Waals surface area contributed by atoms with Crippen molar-refractivity contribution in [3.05, 3.63) is 57.7 Å². The lowest BCUT2D eigenvalue weighted by Gasteiger charge is -2.36. The number of hydrogen-bond acceptors (Lipinski definition) is 11. The average Bonchev–Trinajstić information content (AvgIpc) is 3.95. The zero-order chi connectivity index (χ0) is 43.3. The van der Waals surface area contributed by atoms with Crippen LogP contribution in [0.5, 0.6) is 0 Å². The average molecular weight is 861 g/mol. The number of likely N-dealkylation sites (tertiary alicyclic amines) is 1. The molecule has 6 bridgehead atoms. The summed E-state index contributed by atoms with van der Waals surface area (Å²) in [7, 11) is 1.74. The van der Waals surface area contributed by atoms with Crippen molar-refractivity contribution in [3.63, 3.8) is 0 Å². The number of nitriles is 1. The number of nitrogens with one attached hydrogen (secondary N) is 2. The molecule has 2 aliphatic carbocycles. The van der Waals surface area contributed by atoms with Crippen molar-refractivity contribution < 1.29 is 23.9 Å². The van der Waals surface area contributed by atoms with Crippen LogP contribution in [0, 0.1) is 28.6 Å². The molecule has 1 unspecified atom stereocenters. The molecule has 0 spiro atoms. The summed E-state index contributed by atoms with van der Waals surface area (Å²) in [5.41, 5.74) is 11.0. The number of esters is 1. The van der Waals surface area contributed by atoms with Gasteiger partial charge in [-0.15, -0.1) is 11.3 Å². The van der Waals surface area contributed by atoms with Crippen LogP contribution in [0.2, 0.25) is 0 Å². The van der Waals surface area contributed by atoms with E-state index in [9.17, 15) is 19.6 Å². The number of piperidine rings is 1. The molecule has 9 rings (SSSR count). The highest BCUT2D eigenvalue weighted by atomic mass is 32.1. The maximum Gasteiger partial charge on any atom is 0.324 e. The Balaban J connectivity index is 1.14. The second kappa shape index (κ2) is 17.5. The second-order valence-electron chi connectivity index (χ2n) is 19.0. The first-order valence-electron chi connectivity index (χ1n) is 22.8. The first-order chi connectivity index (χ1) is 29.9. The van der Waals surface area contributed by atoms with Crippen LogP contribution in [-0.2, 0) is 43.2 Å². The van der Waals surface area contributed by atoms with E-state index in [2.05, 4.69) is 84.4 Å². The number of carbonyl (C=O) groups excluding carboxylic acids is 3. The van der Waals surface area contributed by atoms with Gasteiger partial charge in [0.1, 0.15) is 12.1 Å². The third-order valence-electron chi connectivity index (χ3n) is 14.1. The molecule has 2 N–H and O–H groups in total. The number of amides is 2. The number of hydrogen-bond donors (Lipinski definition) is 2. The van der Waals surface area contributed by atoms with E-state index < -0.39 is 29.4 Å². The molecule has 3 aliphatic heterocycles. The third-order valence-corrected chi connectivity index (χ3v) is 15.0. The number of carbonyl (C=O) groups is 3. The van der Waals surface area contributed by atoms with Gasteiger partial charge in [0.05, 0.1) is 52.7 Å². The molecule has 5 aliphatic rings. The van der Waals surface area contributed by atoms with Gasteiger partial charge in [0.25, 0.3) is 5.91 Å². The Hall–Kier alpha value is -4.68. The van der Waals surface area contributed by atoms with E-state index in [4.69, 9.17) is 19.4 Å². The normalized spacial score (nSPS) is 25.4. The van der Waals surface area contributed by atoms with Crippen LogP contribution < -0.4 is 10.7 Å². The van der Waals surface area contributed by atoms with E-state index in [1.54, 1.807) is 7.11 Å². The van der Waals surface area contributed by atoms with Gasteiger partial charge in [0.2, 0.25) is 5.91 Å². The molecule has 4 aromatic rings. The van der Waals surface area contributed by atoms with Crippen molar-refractivity contribution in [2.24, 2.45) is 17.3 Å². The molecule has 2 saturated carbocycles. The number of aryl methyl sites for hydroxylation is 1. The summed E-state index contributed by atoms with van der Waals surface area (Å²) in [6.45, 7) is 12.1. The molecule has 13 nitrogen and oxygen atoms in total. The van der Waals surface area contributed by atoms with Gasteiger partial charge in [0.15, 0.2) is 0 Å². The molecular weight excluding hydrogens is 801 g/mol. The first-order valence-corrected chi connectivity index (χ1v) is 23.6. The van der Waals surface area contributed by atoms with Crippen molar-refractivity contribution in [1.29, 1.82) is 5.26 Å². The van der Waals surface area contributed by atoms with Crippen LogP contribution in [0.4, 0.5) is 0 Å². The predicted molar refractivity (Wildman–Crippen MR) is 238 cm³/mol. The number of cyclic esters (lactones) is 1. The minimum Gasteiger partial charge on any atom is -0.464 e. The van der Waals surface area contributed by atoms with Crippen molar-refractivity contribution in [2.45, 2.75) is 129 Å². The fourth-order valence-electron chi connectivity index (χ4n) is 10.1. The standard InChI is InChI=1S/C48H60N8O5S/c1-6-55-41-14-10-30-20-35(41)37(44(55)36-21-32(25-50-43(36)28(2)60-5)29-15-18-54(19-16-29)33-11-12-33)23-48(3,4)27-61-47(59)38-8-7-17-56(53-38)46(58)39(22-42-51-40(30)26-62-42)52-45(57)34-13-9-31(34)24-49/h10,14,20-21,25-26,28-29,31,33-34,38-39,53H,6-9,11-13,15-19,22-23,27H2,1-5H3,(H,52,57)/t28-,31?,34+,38-,39-/m0/s1. The quantitative estimate of drug-likeness (QED) is 0.176. The number of ether oxygens (including phenoxy) is 2. The lowest BCUT2D eigenvalue weighted by atomic mass is 9.74. The SMILES string of the molecule is CCn1c(-c2cc(C3CCN(C4CC4)CC3)cnc2[C@H](C)OC)c2c3cc(ccc31)-c1csc(n1)C[C@H](NC(=O)[C@@H]1CCC1C#N)C(=O)N1CCC[C@H](N1)C(=O)OCC(C)(C)C2. The second-order valence-corrected chi connectivity index (χ2v) is 19.9. The zero-order valence-corrected chi connectivity index (χ0v) is 37.6. The highest BCUT2D eigenvalue weighted by Gasteiger charge is 2.41. The number of nitrogens with zero attached hydrogens (tertiary/aromatic N) is 6. The van der Waals surface area contributed by atoms with Crippen LogP contribution in [0.25, 0.3) is 33.4 Å². The fraction of sp³-hybridized carbons (Fsp3) is 0.583. The minimum absolute atomic E-state index is 0.171. The summed E-state index contributed by atoms with van der Waals surface area (Å²) in [4.78, 5) is 54.6. The van der Waals surface area contributed by atoms with Crippen molar-refractivity contribution in [3.8, 4) is 28.6 Å². The maximum atomic E-state index is 14.2. The van der Waals surface area contributed by atoms with Crippen LogP contribution in [0.3, 0.4) is 0 Å². The van der Waals surface area contributed by atoms with Gasteiger partial charge in [-0.05, 0) is 120 Å². The number of methoxy groups -OCH3 is 1. The smallest absolute Gasteiger partial charge is 0.324 e. The molecular formula is C48H60N8O5S. The monoisotopic (exact) mass is 860 g/mol. The van der Waals surface area contributed by atoms with E-state index in [0.29, 0.717) is 49.6 Å². The molecule has 328 valence electrons. The van der Waals surface area contributed by atoms with Crippen LogP contribution in [0.15, 0.2) is 35.8 Å². The van der Waals surface area contributed by atoms with E-state index >= 15 is 0 Å². The summed E-state index contributed by atoms with van der Waals surface area (Å²) >= 11 is 1.46. The van der Waals surface area contributed by atoms with Gasteiger partial charge >= 0.3 is 5.97 Å². The molecule has 4 fully saturated rings. The van der Waals surface area contributed by atoms with Crippen molar-refractivity contribution in [2.75, 3.05) is 33.4 Å². The number of fused-ring (bicyclic) bond motifs is 6. The molecule has 0 radical (unpaired) electrons. The topological polar surface area (TPSA) is 155 Å². The van der Waals surface area contributed by atoms with Crippen LogP contribution >= 0.6 is 11.3 Å². The molecule has 1 aromatic carbocycles. The van der Waals surface area contributed by atoms with E-state index in [-0.39, 0.29) is 36.9 Å². The highest BCUT2D eigenvalue weighted by molar-refractivity contribution is 7.10. The number of aromatic nitrogens is 3. The van der Waals surface area contributed by atoms with Gasteiger partial charge in [-0.2, -0.15) is 5.26 Å². The zero-order valence-electron chi connectivity index (χ0n) is 36.7. The van der Waals surface area contributed by atoms with Crippen LogP contribution in [0.1, 0.15) is 113 Å². The van der Waals surface area contributed by atoms with Crippen LogP contribution in [-0.4, -0.2) is 93.7 Å². The lowest BCUT2D eigenvalue weighted by molar-refractivity contribution is -0.155. The molecule has 3 aromatic heterocycles. The Morgan fingerprint density at radius 3 is 2.63 bits per heavy atom. The molecule has 5 atom stereocenters. The largest absolute Gasteiger partial charge is 0.464 e. The van der Waals surface area contributed by atoms with E-state index in [1.807, 2.05) is 5.38 Å². The molecule has 2 saturated heterocycles. The van der Waals surface area contributed by atoms with Crippen molar-refractivity contribution >= 4 is 40.0 Å². The molecule has 6 heterocycles. The summed E-state index contributed by atoms with van der Waals surface area (Å²) in [5.74, 6) is -1.43. The molecule has 2 amide bonds. The number of hydrazine groups is 1. The van der Waals surface area contributed by atoms with Gasteiger partial charge in [0, 0.05) is 71.7 Å². The van der Waals surface area contributed by atoms with Gasteiger partial charge in [-0.1, -0.05) is 19.9 Å². The summed E-state index contributed by atoms with van der Waals surface area (Å²) in [6.07, 6.45) is 9.92. The Morgan fingerprint density at radius 1 is 1.11 bits per heavy atom. The molecule has 62 heavy (non-hydrogen) atoms. The predicted octanol–water partition coefficient (Wildman–Crippen LogP) is 7.09. The van der Waals surface area contributed by atoms with E-state index in [0.717, 1.165) is 83.2 Å². The summed E-state index contributed by atoms with van der Waals surface area (Å²) in [6, 6.07) is 10.3. The van der Waals surface area contributed by atoms with Gasteiger partial charge in [-0.3, -0.25) is 24.4 Å². The summed E-state index contributed by atoms with van der Waals surface area (Å²) < 4.78 is 14.6. The lowest BCUT2D eigenvalue weighted by Crippen LogP contribution is -2.61. The Labute approximate surface area is 368 Å². The minimum atomic E-state index is -0.935. The van der Waals surface area contributed by atoms with Gasteiger partial charge < -0.3 is 24.3 Å². The highest BCUT2D eigenvalue weighted by Crippen LogP contribution is 2.44. The number of pyridine rings is 1. The number of benzene rings is 1. The molecule has 14 heteroatoms. The number of rotatable bonds is 8.